The molecule has 9 heavy (non-hydrogen) atoms. The maximum Gasteiger partial charge on any atom is 0.0261 e. The van der Waals surface area contributed by atoms with Crippen LogP contribution in [-0.4, -0.2) is 6.21 Å². The summed E-state index contributed by atoms with van der Waals surface area (Å²) in [4.78, 5) is 3.78. The number of rotatable bonds is 2. The molecule has 0 radical (unpaired) electrons. The van der Waals surface area contributed by atoms with Gasteiger partial charge in [-0.05, 0) is 6.92 Å². The third-order valence-electron chi connectivity index (χ3n) is 0.427. The lowest BCUT2D eigenvalue weighted by atomic mass is 10.7. The van der Waals surface area contributed by atoms with Crippen molar-refractivity contribution in [2.24, 2.45) is 4.99 Å². The van der Waals surface area contributed by atoms with E-state index in [1.807, 2.05) is 26.8 Å². The molecular formula is C8H15N. The first-order valence-electron chi connectivity index (χ1n) is 3.17. The summed E-state index contributed by atoms with van der Waals surface area (Å²) in [6.07, 6.45) is 6.85. The summed E-state index contributed by atoms with van der Waals surface area (Å²) in [5, 5.41) is 0. The molecule has 0 aromatic heterocycles. The summed E-state index contributed by atoms with van der Waals surface area (Å²) in [6.45, 7) is 9.37. The van der Waals surface area contributed by atoms with Crippen molar-refractivity contribution < 1.29 is 0 Å². The van der Waals surface area contributed by atoms with Gasteiger partial charge in [0.25, 0.3) is 0 Å². The molecule has 0 aromatic carbocycles. The highest BCUT2D eigenvalue weighted by molar-refractivity contribution is 5.70. The Balaban J connectivity index is 0. The average Bonchev–Trinajstić information content (AvgIpc) is 1.94. The minimum Gasteiger partial charge on any atom is -0.265 e. The molecule has 0 saturated carbocycles. The maximum atomic E-state index is 3.78. The zero-order valence-electron chi connectivity index (χ0n) is 6.46. The fourth-order valence-electron chi connectivity index (χ4n) is 0.197. The van der Waals surface area contributed by atoms with E-state index in [0.717, 1.165) is 0 Å². The molecule has 0 aliphatic heterocycles. The fraction of sp³-hybridized carbons (Fsp3) is 0.375. The Morgan fingerprint density at radius 3 is 2.22 bits per heavy atom. The fourth-order valence-corrected chi connectivity index (χ4v) is 0.197. The Hall–Kier alpha value is -0.850. The lowest BCUT2D eigenvalue weighted by Crippen LogP contribution is -1.54. The van der Waals surface area contributed by atoms with E-state index in [1.165, 1.54) is 0 Å². The first kappa shape index (κ1) is 11.0. The highest BCUT2D eigenvalue weighted by Crippen LogP contribution is 1.68. The van der Waals surface area contributed by atoms with Gasteiger partial charge in [0.05, 0.1) is 0 Å². The molecule has 0 unspecified atom stereocenters. The van der Waals surface area contributed by atoms with Gasteiger partial charge in [-0.1, -0.05) is 32.6 Å². The van der Waals surface area contributed by atoms with E-state index in [0.29, 0.717) is 0 Å². The van der Waals surface area contributed by atoms with Gasteiger partial charge in [-0.25, -0.2) is 0 Å². The van der Waals surface area contributed by atoms with Gasteiger partial charge < -0.3 is 0 Å². The van der Waals surface area contributed by atoms with Crippen LogP contribution in [0.5, 0.6) is 0 Å². The van der Waals surface area contributed by atoms with E-state index in [-0.39, 0.29) is 0 Å². The molecule has 0 aliphatic rings. The first-order chi connectivity index (χ1) is 4.41. The number of allylic oxidation sites excluding steroid dienone is 2. The molecule has 0 spiro atoms. The molecule has 0 fully saturated rings. The van der Waals surface area contributed by atoms with E-state index >= 15 is 0 Å². The SMILES string of the molecule is C=CC=N/C=C/C.CC. The van der Waals surface area contributed by atoms with Crippen LogP contribution in [0.1, 0.15) is 20.8 Å². The van der Waals surface area contributed by atoms with Gasteiger partial charge in [0.1, 0.15) is 0 Å². The number of nitrogens with zero attached hydrogens (tertiary/aromatic N) is 1. The molecule has 0 bridgehead atoms. The monoisotopic (exact) mass is 125 g/mol. The zero-order valence-corrected chi connectivity index (χ0v) is 6.46. The molecule has 0 aromatic rings. The Morgan fingerprint density at radius 1 is 1.33 bits per heavy atom. The molecule has 52 valence electrons. The molecule has 1 heteroatoms. The van der Waals surface area contributed by atoms with Crippen LogP contribution < -0.4 is 0 Å². The van der Waals surface area contributed by atoms with E-state index in [4.69, 9.17) is 0 Å². The third-order valence-corrected chi connectivity index (χ3v) is 0.427. The molecule has 0 saturated heterocycles. The Labute approximate surface area is 57.8 Å². The molecule has 0 N–H and O–H groups in total. The minimum absolute atomic E-state index is 1.64. The van der Waals surface area contributed by atoms with Crippen molar-refractivity contribution in [3.8, 4) is 0 Å². The van der Waals surface area contributed by atoms with Gasteiger partial charge in [-0.3, -0.25) is 4.99 Å². The molecule has 0 aliphatic carbocycles. The summed E-state index contributed by atoms with van der Waals surface area (Å²) < 4.78 is 0. The second kappa shape index (κ2) is 15.7. The second-order valence-corrected chi connectivity index (χ2v) is 1.02. The van der Waals surface area contributed by atoms with Crippen molar-refractivity contribution in [3.63, 3.8) is 0 Å². The van der Waals surface area contributed by atoms with Crippen molar-refractivity contribution in [1.82, 2.24) is 0 Å². The lowest BCUT2D eigenvalue weighted by molar-refractivity contribution is 1.50. The minimum atomic E-state index is 1.64. The molecule has 0 rings (SSSR count). The van der Waals surface area contributed by atoms with E-state index in [1.54, 1.807) is 18.5 Å². The van der Waals surface area contributed by atoms with Gasteiger partial charge in [0.15, 0.2) is 0 Å². The van der Waals surface area contributed by atoms with Gasteiger partial charge in [-0.2, -0.15) is 0 Å². The largest absolute Gasteiger partial charge is 0.265 e. The summed E-state index contributed by atoms with van der Waals surface area (Å²) in [5.41, 5.74) is 0. The molecule has 0 amide bonds. The molecular weight excluding hydrogens is 110 g/mol. The Bertz CT molecular complexity index is 90.7. The van der Waals surface area contributed by atoms with Crippen LogP contribution in [0, 0.1) is 0 Å². The van der Waals surface area contributed by atoms with Crippen molar-refractivity contribution in [2.45, 2.75) is 20.8 Å². The predicted molar refractivity (Wildman–Crippen MR) is 44.9 cm³/mol. The third kappa shape index (κ3) is 19.1. The van der Waals surface area contributed by atoms with Crippen molar-refractivity contribution in [2.75, 3.05) is 0 Å². The zero-order chi connectivity index (χ0) is 7.54. The van der Waals surface area contributed by atoms with Crippen LogP contribution in [0.3, 0.4) is 0 Å². The van der Waals surface area contributed by atoms with E-state index in [9.17, 15) is 0 Å². The number of hydrogen-bond acceptors (Lipinski definition) is 1. The summed E-state index contributed by atoms with van der Waals surface area (Å²) in [6, 6.07) is 0. The van der Waals surface area contributed by atoms with Gasteiger partial charge in [0, 0.05) is 12.4 Å². The second-order valence-electron chi connectivity index (χ2n) is 1.02. The standard InChI is InChI=1S/C6H9N.C2H6/c1-3-5-7-6-4-2;1-2/h3-6H,1H2,2H3;1-2H3/b6-4+,7-5?;. The highest BCUT2D eigenvalue weighted by atomic mass is 14.6. The number of aliphatic imine (C=N–C) groups is 1. The van der Waals surface area contributed by atoms with Crippen LogP contribution in [-0.2, 0) is 0 Å². The normalized spacial score (nSPS) is 9.22. The Morgan fingerprint density at radius 2 is 1.89 bits per heavy atom. The molecule has 0 atom stereocenters. The topological polar surface area (TPSA) is 12.4 Å². The Kier molecular flexibility index (Phi) is 19.2. The van der Waals surface area contributed by atoms with Crippen molar-refractivity contribution in [1.29, 1.82) is 0 Å². The average molecular weight is 125 g/mol. The van der Waals surface area contributed by atoms with Crippen LogP contribution in [0.4, 0.5) is 0 Å². The van der Waals surface area contributed by atoms with Crippen LogP contribution in [0.25, 0.3) is 0 Å². The van der Waals surface area contributed by atoms with Crippen LogP contribution in [0.2, 0.25) is 0 Å². The van der Waals surface area contributed by atoms with Crippen molar-refractivity contribution >= 4 is 6.21 Å². The van der Waals surface area contributed by atoms with E-state index in [2.05, 4.69) is 11.6 Å². The predicted octanol–water partition coefficient (Wildman–Crippen LogP) is 2.80. The van der Waals surface area contributed by atoms with Gasteiger partial charge in [-0.15, -0.1) is 0 Å². The highest BCUT2D eigenvalue weighted by Gasteiger charge is 1.51. The van der Waals surface area contributed by atoms with Crippen LogP contribution >= 0.6 is 0 Å². The summed E-state index contributed by atoms with van der Waals surface area (Å²) in [7, 11) is 0. The van der Waals surface area contributed by atoms with Crippen molar-refractivity contribution in [3.05, 3.63) is 24.9 Å². The van der Waals surface area contributed by atoms with Crippen LogP contribution in [0.15, 0.2) is 29.9 Å². The number of hydrogen-bond donors (Lipinski definition) is 0. The first-order valence-corrected chi connectivity index (χ1v) is 3.17. The summed E-state index contributed by atoms with van der Waals surface area (Å²) >= 11 is 0. The molecule has 1 nitrogen and oxygen atoms in total. The lowest BCUT2D eigenvalue weighted by Gasteiger charge is -1.66. The van der Waals surface area contributed by atoms with Gasteiger partial charge >= 0.3 is 0 Å². The quantitative estimate of drug-likeness (QED) is 0.503. The summed E-state index contributed by atoms with van der Waals surface area (Å²) in [5.74, 6) is 0. The smallest absolute Gasteiger partial charge is 0.0261 e. The van der Waals surface area contributed by atoms with E-state index < -0.39 is 0 Å². The molecule has 0 heterocycles. The van der Waals surface area contributed by atoms with Gasteiger partial charge in [0.2, 0.25) is 0 Å². The maximum absolute atomic E-state index is 3.78.